The molecule has 2 atom stereocenters. The largest absolute Gasteiger partial charge is 0.481 e. The Balaban J connectivity index is 1.96. The molecule has 1 heterocycles. The van der Waals surface area contributed by atoms with Crippen molar-refractivity contribution >= 4 is 17.0 Å². The van der Waals surface area contributed by atoms with Gasteiger partial charge >= 0.3 is 5.97 Å². The predicted octanol–water partition coefficient (Wildman–Crippen LogP) is 3.05. The van der Waals surface area contributed by atoms with E-state index in [0.717, 1.165) is 28.8 Å². The van der Waals surface area contributed by atoms with Crippen molar-refractivity contribution in [3.8, 4) is 0 Å². The zero-order valence-corrected chi connectivity index (χ0v) is 11.4. The Bertz CT molecular complexity index is 652. The van der Waals surface area contributed by atoms with Crippen LogP contribution in [0.15, 0.2) is 18.2 Å². The lowest BCUT2D eigenvalue weighted by atomic mass is 9.96. The summed E-state index contributed by atoms with van der Waals surface area (Å²) in [5.41, 5.74) is 3.03. The number of H-pyrrole nitrogens is 1. The summed E-state index contributed by atoms with van der Waals surface area (Å²) in [6.07, 6.45) is 0.751. The number of benzene rings is 1. The van der Waals surface area contributed by atoms with Crippen molar-refractivity contribution in [3.63, 3.8) is 0 Å². The van der Waals surface area contributed by atoms with Crippen molar-refractivity contribution in [2.45, 2.75) is 38.5 Å². The summed E-state index contributed by atoms with van der Waals surface area (Å²) in [5.74, 6) is 0.237. The maximum atomic E-state index is 10.9. The minimum Gasteiger partial charge on any atom is -0.481 e. The van der Waals surface area contributed by atoms with Gasteiger partial charge in [-0.15, -0.1) is 0 Å². The zero-order valence-electron chi connectivity index (χ0n) is 11.4. The molecule has 0 aliphatic heterocycles. The molecule has 1 aliphatic rings. The van der Waals surface area contributed by atoms with E-state index in [-0.39, 0.29) is 17.3 Å². The second-order valence-electron chi connectivity index (χ2n) is 6.40. The molecule has 1 aliphatic carbocycles. The number of nitrogens with zero attached hydrogens (tertiary/aromatic N) is 1. The Labute approximate surface area is 111 Å². The number of hydrogen-bond acceptors (Lipinski definition) is 2. The fraction of sp³-hybridized carbons (Fsp3) is 0.467. The topological polar surface area (TPSA) is 66.0 Å². The molecule has 0 amide bonds. The van der Waals surface area contributed by atoms with E-state index in [4.69, 9.17) is 5.11 Å². The third-order valence-electron chi connectivity index (χ3n) is 3.75. The van der Waals surface area contributed by atoms with Gasteiger partial charge in [-0.1, -0.05) is 26.8 Å². The molecule has 19 heavy (non-hydrogen) atoms. The molecule has 1 saturated carbocycles. The van der Waals surface area contributed by atoms with E-state index in [9.17, 15) is 4.79 Å². The summed E-state index contributed by atoms with van der Waals surface area (Å²) in [5, 5.41) is 8.99. The van der Waals surface area contributed by atoms with Crippen LogP contribution in [0.2, 0.25) is 0 Å². The number of aromatic amines is 1. The number of fused-ring (bicyclic) bond motifs is 1. The average Bonchev–Trinajstić information content (AvgIpc) is 2.99. The molecule has 4 heteroatoms. The van der Waals surface area contributed by atoms with Gasteiger partial charge in [-0.25, -0.2) is 4.98 Å². The first-order chi connectivity index (χ1) is 8.86. The summed E-state index contributed by atoms with van der Waals surface area (Å²) < 4.78 is 0. The van der Waals surface area contributed by atoms with Crippen molar-refractivity contribution in [1.82, 2.24) is 9.97 Å². The number of aromatic nitrogens is 2. The summed E-state index contributed by atoms with van der Waals surface area (Å²) in [7, 11) is 0. The molecule has 0 bridgehead atoms. The number of rotatable bonds is 2. The molecule has 2 aromatic rings. The van der Waals surface area contributed by atoms with Gasteiger partial charge in [-0.05, 0) is 30.0 Å². The third kappa shape index (κ3) is 2.11. The molecule has 1 aromatic heterocycles. The quantitative estimate of drug-likeness (QED) is 0.870. The smallest absolute Gasteiger partial charge is 0.307 e. The molecule has 3 rings (SSSR count). The molecule has 100 valence electrons. The van der Waals surface area contributed by atoms with Crippen LogP contribution in [0.1, 0.15) is 44.5 Å². The summed E-state index contributed by atoms with van der Waals surface area (Å²) >= 11 is 0. The highest BCUT2D eigenvalue weighted by Crippen LogP contribution is 2.47. The normalized spacial score (nSPS) is 22.7. The van der Waals surface area contributed by atoms with Crippen LogP contribution in [-0.4, -0.2) is 21.0 Å². The van der Waals surface area contributed by atoms with Crippen molar-refractivity contribution in [1.29, 1.82) is 0 Å². The first kappa shape index (κ1) is 12.2. The molecule has 0 saturated heterocycles. The monoisotopic (exact) mass is 258 g/mol. The SMILES string of the molecule is CC(C)(C)c1nc2ccc(C3CC3C(=O)O)cc2[nH]1. The van der Waals surface area contributed by atoms with Gasteiger partial charge in [0.05, 0.1) is 17.0 Å². The lowest BCUT2D eigenvalue weighted by molar-refractivity contribution is -0.138. The van der Waals surface area contributed by atoms with Crippen molar-refractivity contribution in [2.24, 2.45) is 5.92 Å². The van der Waals surface area contributed by atoms with E-state index in [1.54, 1.807) is 0 Å². The van der Waals surface area contributed by atoms with Crippen molar-refractivity contribution < 1.29 is 9.90 Å². The number of carboxylic acid groups (broad SMARTS) is 1. The molecule has 1 fully saturated rings. The van der Waals surface area contributed by atoms with E-state index < -0.39 is 5.97 Å². The summed E-state index contributed by atoms with van der Waals surface area (Å²) in [4.78, 5) is 18.9. The van der Waals surface area contributed by atoms with Gasteiger partial charge in [-0.2, -0.15) is 0 Å². The molecular weight excluding hydrogens is 240 g/mol. The maximum absolute atomic E-state index is 10.9. The molecule has 1 aromatic carbocycles. The molecule has 2 N–H and O–H groups in total. The Morgan fingerprint density at radius 1 is 1.42 bits per heavy atom. The highest BCUT2D eigenvalue weighted by Gasteiger charge is 2.44. The van der Waals surface area contributed by atoms with Crippen LogP contribution >= 0.6 is 0 Å². The first-order valence-corrected chi connectivity index (χ1v) is 6.59. The highest BCUT2D eigenvalue weighted by molar-refractivity contribution is 5.79. The lowest BCUT2D eigenvalue weighted by Crippen LogP contribution is -2.12. The van der Waals surface area contributed by atoms with E-state index in [2.05, 4.69) is 30.7 Å². The molecule has 0 spiro atoms. The predicted molar refractivity (Wildman–Crippen MR) is 73.3 cm³/mol. The first-order valence-electron chi connectivity index (χ1n) is 6.59. The van der Waals surface area contributed by atoms with Crippen LogP contribution in [0, 0.1) is 5.92 Å². The van der Waals surface area contributed by atoms with Crippen LogP contribution < -0.4 is 0 Å². The van der Waals surface area contributed by atoms with Gasteiger partial charge in [0.25, 0.3) is 0 Å². The van der Waals surface area contributed by atoms with Crippen LogP contribution in [0.4, 0.5) is 0 Å². The fourth-order valence-corrected chi connectivity index (χ4v) is 2.45. The lowest BCUT2D eigenvalue weighted by Gasteiger charge is -2.13. The second-order valence-corrected chi connectivity index (χ2v) is 6.40. The summed E-state index contributed by atoms with van der Waals surface area (Å²) in [6.45, 7) is 6.35. The van der Waals surface area contributed by atoms with E-state index in [0.29, 0.717) is 0 Å². The van der Waals surface area contributed by atoms with Gasteiger partial charge in [-0.3, -0.25) is 4.79 Å². The van der Waals surface area contributed by atoms with Crippen LogP contribution in [-0.2, 0) is 10.2 Å². The van der Waals surface area contributed by atoms with Gasteiger partial charge in [0.1, 0.15) is 5.82 Å². The molecule has 2 unspecified atom stereocenters. The number of carbonyl (C=O) groups is 1. The minimum atomic E-state index is -0.690. The second kappa shape index (κ2) is 3.83. The van der Waals surface area contributed by atoms with Crippen LogP contribution in [0.3, 0.4) is 0 Å². The number of hydrogen-bond donors (Lipinski definition) is 2. The Morgan fingerprint density at radius 2 is 2.16 bits per heavy atom. The average molecular weight is 258 g/mol. The number of carboxylic acids is 1. The van der Waals surface area contributed by atoms with Crippen molar-refractivity contribution in [3.05, 3.63) is 29.6 Å². The Morgan fingerprint density at radius 3 is 2.74 bits per heavy atom. The molecule has 0 radical (unpaired) electrons. The maximum Gasteiger partial charge on any atom is 0.307 e. The van der Waals surface area contributed by atoms with Gasteiger partial charge in [0.15, 0.2) is 0 Å². The van der Waals surface area contributed by atoms with E-state index >= 15 is 0 Å². The Kier molecular flexibility index (Phi) is 2.46. The number of imidazole rings is 1. The zero-order chi connectivity index (χ0) is 13.8. The van der Waals surface area contributed by atoms with Crippen LogP contribution in [0.5, 0.6) is 0 Å². The fourth-order valence-electron chi connectivity index (χ4n) is 2.45. The molecular formula is C15H18N2O2. The Hall–Kier alpha value is -1.84. The summed E-state index contributed by atoms with van der Waals surface area (Å²) in [6, 6.07) is 6.03. The highest BCUT2D eigenvalue weighted by atomic mass is 16.4. The minimum absolute atomic E-state index is 0.0115. The van der Waals surface area contributed by atoms with Crippen molar-refractivity contribution in [2.75, 3.05) is 0 Å². The van der Waals surface area contributed by atoms with Gasteiger partial charge in [0, 0.05) is 5.41 Å². The van der Waals surface area contributed by atoms with Gasteiger partial charge < -0.3 is 10.1 Å². The van der Waals surface area contributed by atoms with Crippen LogP contribution in [0.25, 0.3) is 11.0 Å². The van der Waals surface area contributed by atoms with E-state index in [1.165, 1.54) is 0 Å². The number of aliphatic carboxylic acids is 1. The third-order valence-corrected chi connectivity index (χ3v) is 3.75. The van der Waals surface area contributed by atoms with E-state index in [1.807, 2.05) is 18.2 Å². The molecule has 4 nitrogen and oxygen atoms in total. The standard InChI is InChI=1S/C15H18N2O2/c1-15(2,3)14-16-11-5-4-8(6-12(11)17-14)9-7-10(9)13(18)19/h4-6,9-10H,7H2,1-3H3,(H,16,17)(H,18,19). The number of nitrogens with one attached hydrogen (secondary N) is 1. The van der Waals surface area contributed by atoms with Gasteiger partial charge in [0.2, 0.25) is 0 Å².